The van der Waals surface area contributed by atoms with Crippen LogP contribution < -0.4 is 11.1 Å². The summed E-state index contributed by atoms with van der Waals surface area (Å²) >= 11 is 0. The predicted octanol–water partition coefficient (Wildman–Crippen LogP) is 2.71. The Morgan fingerprint density at radius 2 is 2.20 bits per heavy atom. The number of nitrogens with zero attached hydrogens (tertiary/aromatic N) is 2. The van der Waals surface area contributed by atoms with Gasteiger partial charge < -0.3 is 16.0 Å². The molecule has 0 aliphatic carbocycles. The number of nitrogens with one attached hydrogen (secondary N) is 1. The highest BCUT2D eigenvalue weighted by Crippen LogP contribution is 2.30. The highest BCUT2D eigenvalue weighted by atomic mass is 15.1. The van der Waals surface area contributed by atoms with Gasteiger partial charge in [0.1, 0.15) is 0 Å². The number of nitrogen functional groups attached to an aromatic ring is 1. The van der Waals surface area contributed by atoms with Gasteiger partial charge in [0, 0.05) is 41.8 Å². The van der Waals surface area contributed by atoms with E-state index in [-0.39, 0.29) is 0 Å². The second-order valence-electron chi connectivity index (χ2n) is 5.82. The monoisotopic (exact) mass is 270 g/mol. The number of hydrogen-bond donors (Lipinski definition) is 2. The first-order valence-corrected chi connectivity index (χ1v) is 7.24. The van der Waals surface area contributed by atoms with Crippen LogP contribution in [-0.2, 0) is 0 Å². The Labute approximate surface area is 120 Å². The molecule has 0 bridgehead atoms. The van der Waals surface area contributed by atoms with E-state index < -0.39 is 0 Å². The van der Waals surface area contributed by atoms with Crippen LogP contribution in [0.4, 0.5) is 11.4 Å². The van der Waals surface area contributed by atoms with Crippen LogP contribution in [0.5, 0.6) is 0 Å². The molecular formula is C16H22N4. The number of nitrogens with two attached hydrogens (primary N) is 1. The summed E-state index contributed by atoms with van der Waals surface area (Å²) in [5, 5.41) is 5.79. The van der Waals surface area contributed by atoms with Crippen LogP contribution in [0.25, 0.3) is 10.8 Å². The van der Waals surface area contributed by atoms with Gasteiger partial charge in [0.15, 0.2) is 0 Å². The first-order valence-electron chi connectivity index (χ1n) is 7.24. The van der Waals surface area contributed by atoms with Crippen LogP contribution in [0.3, 0.4) is 0 Å². The molecule has 1 aliphatic rings. The van der Waals surface area contributed by atoms with E-state index >= 15 is 0 Å². The molecular weight excluding hydrogens is 248 g/mol. The molecule has 3 rings (SSSR count). The fraction of sp³-hybridized carbons (Fsp3) is 0.438. The number of piperidine rings is 1. The lowest BCUT2D eigenvalue weighted by Gasteiger charge is -2.36. The Morgan fingerprint density at radius 1 is 1.35 bits per heavy atom. The predicted molar refractivity (Wildman–Crippen MR) is 84.9 cm³/mol. The summed E-state index contributed by atoms with van der Waals surface area (Å²) in [4.78, 5) is 6.55. The summed E-state index contributed by atoms with van der Waals surface area (Å²) in [7, 11) is 2.19. The summed E-state index contributed by atoms with van der Waals surface area (Å²) < 4.78 is 0. The van der Waals surface area contributed by atoms with Crippen molar-refractivity contribution in [3.8, 4) is 0 Å². The minimum atomic E-state index is 0.503. The standard InChI is InChI=1S/C16H22N4/c1-11-9-13(6-8-20(11)2)19-15-4-3-12-10-18-7-5-14(12)16(15)17/h3-5,7,10-11,13,19H,6,8-9,17H2,1-2H3. The largest absolute Gasteiger partial charge is 0.397 e. The average Bonchev–Trinajstić information content (AvgIpc) is 2.46. The molecule has 1 fully saturated rings. The fourth-order valence-electron chi connectivity index (χ4n) is 2.96. The van der Waals surface area contributed by atoms with Crippen molar-refractivity contribution in [3.05, 3.63) is 30.6 Å². The molecule has 0 saturated carbocycles. The zero-order valence-corrected chi connectivity index (χ0v) is 12.1. The van der Waals surface area contributed by atoms with Crippen molar-refractivity contribution >= 4 is 22.1 Å². The lowest BCUT2D eigenvalue weighted by molar-refractivity contribution is 0.190. The number of fused-ring (bicyclic) bond motifs is 1. The molecule has 1 saturated heterocycles. The van der Waals surface area contributed by atoms with E-state index in [1.165, 1.54) is 0 Å². The summed E-state index contributed by atoms with van der Waals surface area (Å²) in [6.07, 6.45) is 5.96. The third-order valence-electron chi connectivity index (χ3n) is 4.43. The van der Waals surface area contributed by atoms with Gasteiger partial charge in [-0.1, -0.05) is 6.07 Å². The molecule has 2 heterocycles. The van der Waals surface area contributed by atoms with Crippen LogP contribution >= 0.6 is 0 Å². The van der Waals surface area contributed by atoms with E-state index in [1.54, 1.807) is 6.20 Å². The first kappa shape index (κ1) is 13.2. The Balaban J connectivity index is 1.83. The Kier molecular flexibility index (Phi) is 3.49. The van der Waals surface area contributed by atoms with Crippen molar-refractivity contribution in [1.82, 2.24) is 9.88 Å². The summed E-state index contributed by atoms with van der Waals surface area (Å²) in [6.45, 7) is 3.42. The Hall–Kier alpha value is -1.81. The number of anilines is 2. The molecule has 2 aromatic rings. The van der Waals surface area contributed by atoms with E-state index in [4.69, 9.17) is 5.73 Å². The van der Waals surface area contributed by atoms with Crippen LogP contribution in [0.2, 0.25) is 0 Å². The van der Waals surface area contributed by atoms with Gasteiger partial charge in [-0.25, -0.2) is 0 Å². The first-order chi connectivity index (χ1) is 9.65. The van der Waals surface area contributed by atoms with E-state index in [2.05, 4.69) is 41.3 Å². The molecule has 0 radical (unpaired) electrons. The summed E-state index contributed by atoms with van der Waals surface area (Å²) in [5.74, 6) is 0. The molecule has 4 nitrogen and oxygen atoms in total. The topological polar surface area (TPSA) is 54.2 Å². The minimum absolute atomic E-state index is 0.503. The molecule has 1 aliphatic heterocycles. The van der Waals surface area contributed by atoms with E-state index in [9.17, 15) is 0 Å². The molecule has 1 aromatic heterocycles. The van der Waals surface area contributed by atoms with Gasteiger partial charge in [-0.2, -0.15) is 0 Å². The molecule has 1 aromatic carbocycles. The third kappa shape index (κ3) is 2.43. The molecule has 0 amide bonds. The van der Waals surface area contributed by atoms with Crippen molar-refractivity contribution in [3.63, 3.8) is 0 Å². The summed E-state index contributed by atoms with van der Waals surface area (Å²) in [5.41, 5.74) is 8.17. The third-order valence-corrected chi connectivity index (χ3v) is 4.43. The lowest BCUT2D eigenvalue weighted by atomic mass is 9.98. The van der Waals surface area contributed by atoms with Crippen molar-refractivity contribution in [2.75, 3.05) is 24.6 Å². The SMILES string of the molecule is CC1CC(Nc2ccc3cnccc3c2N)CCN1C. The maximum Gasteiger partial charge on any atom is 0.0630 e. The molecule has 4 heteroatoms. The summed E-state index contributed by atoms with van der Waals surface area (Å²) in [6, 6.07) is 7.25. The lowest BCUT2D eigenvalue weighted by Crippen LogP contribution is -2.42. The quantitative estimate of drug-likeness (QED) is 0.824. The van der Waals surface area contributed by atoms with E-state index in [0.717, 1.165) is 41.5 Å². The molecule has 3 N–H and O–H groups in total. The highest BCUT2D eigenvalue weighted by Gasteiger charge is 2.23. The van der Waals surface area contributed by atoms with E-state index in [0.29, 0.717) is 12.1 Å². The van der Waals surface area contributed by atoms with Gasteiger partial charge in [-0.3, -0.25) is 4.98 Å². The van der Waals surface area contributed by atoms with Gasteiger partial charge in [0.2, 0.25) is 0 Å². The molecule has 0 spiro atoms. The van der Waals surface area contributed by atoms with Gasteiger partial charge >= 0.3 is 0 Å². The highest BCUT2D eigenvalue weighted by molar-refractivity contribution is 5.98. The van der Waals surface area contributed by atoms with Crippen LogP contribution in [0.1, 0.15) is 19.8 Å². The van der Waals surface area contributed by atoms with Crippen LogP contribution in [-0.4, -0.2) is 35.6 Å². The normalized spacial score (nSPS) is 23.9. The zero-order valence-electron chi connectivity index (χ0n) is 12.1. The van der Waals surface area contributed by atoms with Crippen molar-refractivity contribution in [2.24, 2.45) is 0 Å². The molecule has 106 valence electrons. The maximum atomic E-state index is 6.30. The van der Waals surface area contributed by atoms with Crippen molar-refractivity contribution in [2.45, 2.75) is 31.8 Å². The van der Waals surface area contributed by atoms with Crippen LogP contribution in [0, 0.1) is 0 Å². The molecule has 2 unspecified atom stereocenters. The Morgan fingerprint density at radius 3 is 3.00 bits per heavy atom. The number of aromatic nitrogens is 1. The Bertz CT molecular complexity index is 610. The van der Waals surface area contributed by atoms with Gasteiger partial charge in [0.25, 0.3) is 0 Å². The van der Waals surface area contributed by atoms with Crippen molar-refractivity contribution < 1.29 is 0 Å². The fourth-order valence-corrected chi connectivity index (χ4v) is 2.96. The van der Waals surface area contributed by atoms with Crippen LogP contribution in [0.15, 0.2) is 30.6 Å². The maximum absolute atomic E-state index is 6.30. The van der Waals surface area contributed by atoms with Crippen molar-refractivity contribution in [1.29, 1.82) is 0 Å². The average molecular weight is 270 g/mol. The number of benzene rings is 1. The second kappa shape index (κ2) is 5.29. The van der Waals surface area contributed by atoms with Gasteiger partial charge in [-0.15, -0.1) is 0 Å². The minimum Gasteiger partial charge on any atom is -0.397 e. The van der Waals surface area contributed by atoms with Gasteiger partial charge in [-0.05, 0) is 38.9 Å². The second-order valence-corrected chi connectivity index (χ2v) is 5.82. The molecule has 2 atom stereocenters. The number of hydrogen-bond acceptors (Lipinski definition) is 4. The molecule has 20 heavy (non-hydrogen) atoms. The number of likely N-dealkylation sites (tertiary alicyclic amines) is 1. The number of pyridine rings is 1. The smallest absolute Gasteiger partial charge is 0.0630 e. The zero-order chi connectivity index (χ0) is 14.1. The van der Waals surface area contributed by atoms with Gasteiger partial charge in [0.05, 0.1) is 11.4 Å². The van der Waals surface area contributed by atoms with E-state index in [1.807, 2.05) is 12.3 Å². The number of rotatable bonds is 2.